The fourth-order valence-corrected chi connectivity index (χ4v) is 3.65. The SMILES string of the molecule is Cc1ccc(C2(C3CCC3)CCNCC2)cc1. The molecule has 0 amide bonds. The van der Waals surface area contributed by atoms with Crippen LogP contribution in [0, 0.1) is 12.8 Å². The maximum absolute atomic E-state index is 3.52. The van der Waals surface area contributed by atoms with Crippen molar-refractivity contribution in [2.75, 3.05) is 13.1 Å². The van der Waals surface area contributed by atoms with Gasteiger partial charge in [-0.15, -0.1) is 0 Å². The predicted octanol–water partition coefficient (Wildman–Crippen LogP) is 3.42. The number of aryl methyl sites for hydroxylation is 1. The summed E-state index contributed by atoms with van der Waals surface area (Å²) in [5.41, 5.74) is 3.48. The first-order valence-corrected chi connectivity index (χ1v) is 7.09. The highest BCUT2D eigenvalue weighted by Crippen LogP contribution is 2.49. The third kappa shape index (κ3) is 1.91. The molecule has 1 aromatic rings. The van der Waals surface area contributed by atoms with Gasteiger partial charge in [0.25, 0.3) is 0 Å². The van der Waals surface area contributed by atoms with Gasteiger partial charge in [-0.1, -0.05) is 36.2 Å². The van der Waals surface area contributed by atoms with Crippen LogP contribution < -0.4 is 5.32 Å². The summed E-state index contributed by atoms with van der Waals surface area (Å²) in [6, 6.07) is 9.35. The number of hydrogen-bond donors (Lipinski definition) is 1. The van der Waals surface area contributed by atoms with Crippen LogP contribution in [0.5, 0.6) is 0 Å². The molecule has 2 aliphatic rings. The number of piperidine rings is 1. The molecule has 3 rings (SSSR count). The van der Waals surface area contributed by atoms with Gasteiger partial charge in [0.2, 0.25) is 0 Å². The number of rotatable bonds is 2. The summed E-state index contributed by atoms with van der Waals surface area (Å²) in [4.78, 5) is 0. The van der Waals surface area contributed by atoms with E-state index in [-0.39, 0.29) is 0 Å². The van der Waals surface area contributed by atoms with E-state index >= 15 is 0 Å². The number of hydrogen-bond acceptors (Lipinski definition) is 1. The van der Waals surface area contributed by atoms with E-state index in [1.165, 1.54) is 50.8 Å². The Bertz CT molecular complexity index is 369. The highest BCUT2D eigenvalue weighted by Gasteiger charge is 2.43. The van der Waals surface area contributed by atoms with Crippen LogP contribution in [0.2, 0.25) is 0 Å². The average molecular weight is 229 g/mol. The van der Waals surface area contributed by atoms with Gasteiger partial charge in [-0.2, -0.15) is 0 Å². The molecule has 1 saturated carbocycles. The van der Waals surface area contributed by atoms with Crippen molar-refractivity contribution in [3.8, 4) is 0 Å². The summed E-state index contributed by atoms with van der Waals surface area (Å²) >= 11 is 0. The Balaban J connectivity index is 1.94. The van der Waals surface area contributed by atoms with Gasteiger partial charge >= 0.3 is 0 Å². The zero-order valence-electron chi connectivity index (χ0n) is 10.8. The third-order valence-electron chi connectivity index (χ3n) is 5.01. The molecule has 1 aliphatic heterocycles. The van der Waals surface area contributed by atoms with E-state index in [0.717, 1.165) is 5.92 Å². The minimum absolute atomic E-state index is 0.497. The van der Waals surface area contributed by atoms with Crippen LogP contribution in [0.1, 0.15) is 43.2 Å². The van der Waals surface area contributed by atoms with Crippen molar-refractivity contribution in [3.05, 3.63) is 35.4 Å². The van der Waals surface area contributed by atoms with E-state index < -0.39 is 0 Å². The predicted molar refractivity (Wildman–Crippen MR) is 72.3 cm³/mol. The number of benzene rings is 1. The van der Waals surface area contributed by atoms with Gasteiger partial charge < -0.3 is 5.32 Å². The molecule has 0 spiro atoms. The average Bonchev–Trinajstić information content (AvgIpc) is 2.28. The second-order valence-corrected chi connectivity index (χ2v) is 5.90. The molecule has 17 heavy (non-hydrogen) atoms. The third-order valence-corrected chi connectivity index (χ3v) is 5.01. The molecule has 1 N–H and O–H groups in total. The largest absolute Gasteiger partial charge is 0.317 e. The summed E-state index contributed by atoms with van der Waals surface area (Å²) < 4.78 is 0. The maximum atomic E-state index is 3.52. The molecule has 1 heterocycles. The van der Waals surface area contributed by atoms with Gasteiger partial charge in [-0.3, -0.25) is 0 Å². The van der Waals surface area contributed by atoms with Gasteiger partial charge in [0.05, 0.1) is 0 Å². The molecular formula is C16H23N. The van der Waals surface area contributed by atoms with Crippen molar-refractivity contribution in [3.63, 3.8) is 0 Å². The maximum Gasteiger partial charge on any atom is 0.000533 e. The van der Waals surface area contributed by atoms with Gasteiger partial charge in [0.15, 0.2) is 0 Å². The van der Waals surface area contributed by atoms with E-state index in [2.05, 4.69) is 36.5 Å². The molecule has 0 atom stereocenters. The van der Waals surface area contributed by atoms with Crippen molar-refractivity contribution < 1.29 is 0 Å². The minimum atomic E-state index is 0.497. The molecule has 1 saturated heterocycles. The van der Waals surface area contributed by atoms with Crippen LogP contribution >= 0.6 is 0 Å². The highest BCUT2D eigenvalue weighted by molar-refractivity contribution is 5.31. The monoisotopic (exact) mass is 229 g/mol. The van der Waals surface area contributed by atoms with Gasteiger partial charge in [0, 0.05) is 5.41 Å². The molecular weight excluding hydrogens is 206 g/mol. The van der Waals surface area contributed by atoms with Crippen LogP contribution in [0.3, 0.4) is 0 Å². The fraction of sp³-hybridized carbons (Fsp3) is 0.625. The zero-order valence-corrected chi connectivity index (χ0v) is 10.8. The molecule has 0 radical (unpaired) electrons. The summed E-state index contributed by atoms with van der Waals surface area (Å²) in [5, 5.41) is 3.52. The smallest absolute Gasteiger partial charge is 0.000533 e. The van der Waals surface area contributed by atoms with Crippen molar-refractivity contribution >= 4 is 0 Å². The second-order valence-electron chi connectivity index (χ2n) is 5.90. The van der Waals surface area contributed by atoms with Crippen molar-refractivity contribution in [1.82, 2.24) is 5.32 Å². The molecule has 92 valence electrons. The summed E-state index contributed by atoms with van der Waals surface area (Å²) in [7, 11) is 0. The Morgan fingerprint density at radius 2 is 1.71 bits per heavy atom. The van der Waals surface area contributed by atoms with Gasteiger partial charge in [-0.05, 0) is 57.2 Å². The van der Waals surface area contributed by atoms with Crippen LogP contribution in [-0.2, 0) is 5.41 Å². The van der Waals surface area contributed by atoms with Crippen molar-refractivity contribution in [2.45, 2.75) is 44.4 Å². The Kier molecular flexibility index (Phi) is 2.96. The van der Waals surface area contributed by atoms with Gasteiger partial charge in [0.1, 0.15) is 0 Å². The van der Waals surface area contributed by atoms with Crippen LogP contribution in [0.4, 0.5) is 0 Å². The molecule has 1 aromatic carbocycles. The first-order chi connectivity index (χ1) is 8.31. The van der Waals surface area contributed by atoms with Crippen molar-refractivity contribution in [1.29, 1.82) is 0 Å². The molecule has 1 aliphatic carbocycles. The zero-order chi connectivity index (χ0) is 11.7. The first kappa shape index (κ1) is 11.3. The van der Waals surface area contributed by atoms with Crippen LogP contribution in [0.25, 0.3) is 0 Å². The summed E-state index contributed by atoms with van der Waals surface area (Å²) in [6.45, 7) is 4.58. The molecule has 0 bridgehead atoms. The number of nitrogens with one attached hydrogen (secondary N) is 1. The van der Waals surface area contributed by atoms with Crippen LogP contribution in [0.15, 0.2) is 24.3 Å². The van der Waals surface area contributed by atoms with Crippen LogP contribution in [-0.4, -0.2) is 13.1 Å². The normalized spacial score (nSPS) is 24.3. The molecule has 1 heteroatoms. The fourth-order valence-electron chi connectivity index (χ4n) is 3.65. The standard InChI is InChI=1S/C16H23N/c1-13-5-7-15(8-6-13)16(14-3-2-4-14)9-11-17-12-10-16/h5-8,14,17H,2-4,9-12H2,1H3. The Morgan fingerprint density at radius 1 is 1.06 bits per heavy atom. The molecule has 2 fully saturated rings. The molecule has 0 unspecified atom stereocenters. The van der Waals surface area contributed by atoms with Crippen molar-refractivity contribution in [2.24, 2.45) is 5.92 Å². The lowest BCUT2D eigenvalue weighted by molar-refractivity contribution is 0.124. The lowest BCUT2D eigenvalue weighted by Crippen LogP contribution is -2.47. The Morgan fingerprint density at radius 3 is 2.24 bits per heavy atom. The molecule has 0 aromatic heterocycles. The van der Waals surface area contributed by atoms with E-state index in [0.29, 0.717) is 5.41 Å². The van der Waals surface area contributed by atoms with E-state index in [1.807, 2.05) is 0 Å². The topological polar surface area (TPSA) is 12.0 Å². The lowest BCUT2D eigenvalue weighted by Gasteiger charge is -2.48. The van der Waals surface area contributed by atoms with E-state index in [9.17, 15) is 0 Å². The second kappa shape index (κ2) is 4.45. The summed E-state index contributed by atoms with van der Waals surface area (Å²) in [5.74, 6) is 0.951. The van der Waals surface area contributed by atoms with Gasteiger partial charge in [-0.25, -0.2) is 0 Å². The van der Waals surface area contributed by atoms with E-state index in [1.54, 1.807) is 5.56 Å². The Hall–Kier alpha value is -0.820. The molecule has 1 nitrogen and oxygen atoms in total. The summed E-state index contributed by atoms with van der Waals surface area (Å²) in [6.07, 6.45) is 7.02. The highest BCUT2D eigenvalue weighted by atomic mass is 14.9. The van der Waals surface area contributed by atoms with E-state index in [4.69, 9.17) is 0 Å². The quantitative estimate of drug-likeness (QED) is 0.819. The minimum Gasteiger partial charge on any atom is -0.317 e. The Labute approximate surface area is 105 Å². The first-order valence-electron chi connectivity index (χ1n) is 7.09. The lowest BCUT2D eigenvalue weighted by atomic mass is 9.58.